The summed E-state index contributed by atoms with van der Waals surface area (Å²) in [6.07, 6.45) is 0.870. The number of benzene rings is 1. The average molecular weight is 484 g/mol. The number of nitrogens with zero attached hydrogens (tertiary/aromatic N) is 2. The number of aromatic amines is 1. The third kappa shape index (κ3) is 5.09. The number of rotatable bonds is 9. The van der Waals surface area contributed by atoms with E-state index in [0.717, 1.165) is 6.42 Å². The van der Waals surface area contributed by atoms with Gasteiger partial charge in [-0.25, -0.2) is 4.79 Å². The number of aryl methyl sites for hydroxylation is 1. The molecule has 1 unspecified atom stereocenters. The summed E-state index contributed by atoms with van der Waals surface area (Å²) >= 11 is 0. The minimum absolute atomic E-state index is 0.0161. The molecule has 1 saturated heterocycles. The van der Waals surface area contributed by atoms with Gasteiger partial charge >= 0.3 is 5.97 Å². The summed E-state index contributed by atoms with van der Waals surface area (Å²) in [6, 6.07) is 6.39. The van der Waals surface area contributed by atoms with Crippen molar-refractivity contribution in [3.63, 3.8) is 0 Å². The van der Waals surface area contributed by atoms with E-state index >= 15 is 0 Å². The molecule has 35 heavy (non-hydrogen) atoms. The van der Waals surface area contributed by atoms with Gasteiger partial charge in [-0.2, -0.15) is 0 Å². The van der Waals surface area contributed by atoms with Crippen molar-refractivity contribution in [1.29, 1.82) is 0 Å². The SMILES string of the molecule is CCCOc1ccc(C2/C(=C(/O)c3c(C)[nH]c(C(=O)OC)c3C)C(=O)C(=O)N2CCN(C)C)cc1. The lowest BCUT2D eigenvalue weighted by Crippen LogP contribution is -2.35. The van der Waals surface area contributed by atoms with E-state index in [1.165, 1.54) is 12.0 Å². The zero-order valence-corrected chi connectivity index (χ0v) is 21.1. The van der Waals surface area contributed by atoms with Crippen LogP contribution in [0.5, 0.6) is 5.75 Å². The van der Waals surface area contributed by atoms with Crippen molar-refractivity contribution < 1.29 is 29.0 Å². The predicted octanol–water partition coefficient (Wildman–Crippen LogP) is 3.19. The molecule has 9 nitrogen and oxygen atoms in total. The second-order valence-corrected chi connectivity index (χ2v) is 8.83. The number of methoxy groups -OCH3 is 1. The van der Waals surface area contributed by atoms with Crippen LogP contribution in [0.3, 0.4) is 0 Å². The fourth-order valence-electron chi connectivity index (χ4n) is 4.28. The van der Waals surface area contributed by atoms with Gasteiger partial charge in [-0.15, -0.1) is 0 Å². The number of amides is 1. The Kier molecular flexibility index (Phi) is 8.01. The molecule has 0 bridgehead atoms. The zero-order valence-electron chi connectivity index (χ0n) is 21.1. The van der Waals surface area contributed by atoms with Gasteiger partial charge in [-0.3, -0.25) is 9.59 Å². The molecule has 2 N–H and O–H groups in total. The summed E-state index contributed by atoms with van der Waals surface area (Å²) in [7, 11) is 5.03. The molecule has 1 aliphatic rings. The first-order valence-corrected chi connectivity index (χ1v) is 11.6. The Morgan fingerprint density at radius 2 is 1.83 bits per heavy atom. The highest BCUT2D eigenvalue weighted by molar-refractivity contribution is 6.46. The zero-order chi connectivity index (χ0) is 25.9. The van der Waals surface area contributed by atoms with E-state index < -0.39 is 23.7 Å². The first-order chi connectivity index (χ1) is 16.6. The molecule has 1 amide bonds. The molecule has 1 aromatic carbocycles. The molecular formula is C26H33N3O6. The quantitative estimate of drug-likeness (QED) is 0.244. The van der Waals surface area contributed by atoms with Gasteiger partial charge in [0.15, 0.2) is 0 Å². The number of carbonyl (C=O) groups is 3. The van der Waals surface area contributed by atoms with E-state index in [1.807, 2.05) is 25.9 Å². The Hall–Kier alpha value is -3.59. The lowest BCUT2D eigenvalue weighted by Gasteiger charge is -2.26. The second kappa shape index (κ2) is 10.8. The van der Waals surface area contributed by atoms with Crippen LogP contribution in [0.2, 0.25) is 0 Å². The van der Waals surface area contributed by atoms with E-state index in [0.29, 0.717) is 47.8 Å². The maximum atomic E-state index is 13.2. The van der Waals surface area contributed by atoms with Gasteiger partial charge in [0.25, 0.3) is 11.7 Å². The van der Waals surface area contributed by atoms with Crippen LogP contribution in [0.15, 0.2) is 29.8 Å². The normalized spacial score (nSPS) is 17.3. The third-order valence-corrected chi connectivity index (χ3v) is 6.06. The molecule has 1 atom stereocenters. The van der Waals surface area contributed by atoms with Crippen molar-refractivity contribution in [2.45, 2.75) is 33.2 Å². The lowest BCUT2D eigenvalue weighted by molar-refractivity contribution is -0.140. The first kappa shape index (κ1) is 26.0. The number of Topliss-reactive ketones (excluding diaryl/α,β-unsaturated/α-hetero) is 1. The molecule has 0 saturated carbocycles. The van der Waals surface area contributed by atoms with Gasteiger partial charge in [0.05, 0.1) is 25.3 Å². The topological polar surface area (TPSA) is 112 Å². The summed E-state index contributed by atoms with van der Waals surface area (Å²) in [5.41, 5.74) is 2.08. The van der Waals surface area contributed by atoms with Crippen molar-refractivity contribution in [1.82, 2.24) is 14.8 Å². The molecule has 188 valence electrons. The van der Waals surface area contributed by atoms with Crippen LogP contribution in [0.1, 0.15) is 52.3 Å². The van der Waals surface area contributed by atoms with Crippen molar-refractivity contribution in [2.75, 3.05) is 40.9 Å². The average Bonchev–Trinajstić information content (AvgIpc) is 3.27. The van der Waals surface area contributed by atoms with Gasteiger partial charge < -0.3 is 29.4 Å². The lowest BCUT2D eigenvalue weighted by atomic mass is 9.94. The molecule has 2 heterocycles. The molecule has 1 fully saturated rings. The molecule has 0 spiro atoms. The van der Waals surface area contributed by atoms with E-state index in [1.54, 1.807) is 38.1 Å². The minimum atomic E-state index is -0.787. The molecular weight excluding hydrogens is 450 g/mol. The van der Waals surface area contributed by atoms with Crippen molar-refractivity contribution in [3.05, 3.63) is 57.9 Å². The van der Waals surface area contributed by atoms with Crippen LogP contribution >= 0.6 is 0 Å². The number of hydrogen-bond acceptors (Lipinski definition) is 7. The largest absolute Gasteiger partial charge is 0.507 e. The van der Waals surface area contributed by atoms with E-state index in [-0.39, 0.29) is 17.0 Å². The maximum Gasteiger partial charge on any atom is 0.354 e. The summed E-state index contributed by atoms with van der Waals surface area (Å²) in [4.78, 5) is 44.8. The maximum absolute atomic E-state index is 13.2. The summed E-state index contributed by atoms with van der Waals surface area (Å²) < 4.78 is 10.5. The monoisotopic (exact) mass is 483 g/mol. The number of carbonyl (C=O) groups excluding carboxylic acids is 3. The van der Waals surface area contributed by atoms with E-state index in [9.17, 15) is 19.5 Å². The number of aliphatic hydroxyl groups excluding tert-OH is 1. The van der Waals surface area contributed by atoms with Crippen LogP contribution in [0, 0.1) is 13.8 Å². The van der Waals surface area contributed by atoms with Crippen molar-refractivity contribution in [3.8, 4) is 5.75 Å². The summed E-state index contributed by atoms with van der Waals surface area (Å²) in [5, 5.41) is 11.4. The summed E-state index contributed by atoms with van der Waals surface area (Å²) in [6.45, 7) is 6.77. The predicted molar refractivity (Wildman–Crippen MR) is 131 cm³/mol. The van der Waals surface area contributed by atoms with Crippen LogP contribution in [-0.4, -0.2) is 78.5 Å². The van der Waals surface area contributed by atoms with Crippen LogP contribution < -0.4 is 4.74 Å². The van der Waals surface area contributed by atoms with Gasteiger partial charge in [0, 0.05) is 24.3 Å². The number of likely N-dealkylation sites (N-methyl/N-ethyl adjacent to an activating group) is 1. The Morgan fingerprint density at radius 3 is 2.40 bits per heavy atom. The highest BCUT2D eigenvalue weighted by Crippen LogP contribution is 2.41. The molecule has 1 aliphatic heterocycles. The molecule has 2 aromatic rings. The number of aromatic nitrogens is 1. The number of likely N-dealkylation sites (tertiary alicyclic amines) is 1. The molecule has 0 aliphatic carbocycles. The number of esters is 1. The van der Waals surface area contributed by atoms with Gasteiger partial charge in [0.1, 0.15) is 17.2 Å². The Bertz CT molecular complexity index is 1150. The van der Waals surface area contributed by atoms with Gasteiger partial charge in [-0.1, -0.05) is 19.1 Å². The van der Waals surface area contributed by atoms with E-state index in [2.05, 4.69) is 4.98 Å². The van der Waals surface area contributed by atoms with Gasteiger partial charge in [0.2, 0.25) is 0 Å². The Balaban J connectivity index is 2.16. The molecule has 9 heteroatoms. The van der Waals surface area contributed by atoms with Crippen LogP contribution in [0.4, 0.5) is 0 Å². The number of nitrogens with one attached hydrogen (secondary N) is 1. The molecule has 3 rings (SSSR count). The molecule has 1 aromatic heterocycles. The minimum Gasteiger partial charge on any atom is -0.507 e. The number of aliphatic hydroxyl groups is 1. The highest BCUT2D eigenvalue weighted by atomic mass is 16.5. The fourth-order valence-corrected chi connectivity index (χ4v) is 4.28. The number of ether oxygens (including phenoxy) is 2. The number of H-pyrrole nitrogens is 1. The van der Waals surface area contributed by atoms with Crippen molar-refractivity contribution >= 4 is 23.4 Å². The van der Waals surface area contributed by atoms with E-state index in [4.69, 9.17) is 9.47 Å². The standard InChI is InChI=1S/C26H33N3O6/c1-7-14-35-18-10-8-17(9-11-18)22-20(24(31)25(32)29(22)13-12-28(4)5)23(30)19-15(2)21(26(33)34-6)27-16(19)3/h8-11,22,27,30H,7,12-14H2,1-6H3/b23-20-. The first-order valence-electron chi connectivity index (χ1n) is 11.6. The molecule has 0 radical (unpaired) electrons. The van der Waals surface area contributed by atoms with Crippen molar-refractivity contribution in [2.24, 2.45) is 0 Å². The summed E-state index contributed by atoms with van der Waals surface area (Å²) in [5.74, 6) is -1.68. The third-order valence-electron chi connectivity index (χ3n) is 6.06. The highest BCUT2D eigenvalue weighted by Gasteiger charge is 2.46. The Labute approximate surface area is 205 Å². The number of hydrogen-bond donors (Lipinski definition) is 2. The Morgan fingerprint density at radius 1 is 1.17 bits per heavy atom. The smallest absolute Gasteiger partial charge is 0.354 e. The second-order valence-electron chi connectivity index (χ2n) is 8.83. The van der Waals surface area contributed by atoms with Gasteiger partial charge in [-0.05, 0) is 57.6 Å². The fraction of sp³-hybridized carbons (Fsp3) is 0.423. The number of ketones is 1. The van der Waals surface area contributed by atoms with Crippen LogP contribution in [-0.2, 0) is 14.3 Å². The van der Waals surface area contributed by atoms with Crippen LogP contribution in [0.25, 0.3) is 5.76 Å².